The second-order valence-electron chi connectivity index (χ2n) is 5.49. The highest BCUT2D eigenvalue weighted by Gasteiger charge is 2.12. The van der Waals surface area contributed by atoms with E-state index in [0.29, 0.717) is 28.5 Å². The van der Waals surface area contributed by atoms with Crippen molar-refractivity contribution >= 4 is 21.9 Å². The van der Waals surface area contributed by atoms with E-state index in [9.17, 15) is 13.2 Å². The van der Waals surface area contributed by atoms with Crippen molar-refractivity contribution in [3.63, 3.8) is 0 Å². The summed E-state index contributed by atoms with van der Waals surface area (Å²) in [6, 6.07) is 13.2. The first-order valence-electron chi connectivity index (χ1n) is 7.15. The van der Waals surface area contributed by atoms with E-state index in [-0.39, 0.29) is 5.82 Å². The maximum Gasteiger partial charge on any atom is 0.135 e. The number of fused-ring (bicyclic) bond motifs is 3. The number of hydrogen-bond donors (Lipinski definition) is 0. The van der Waals surface area contributed by atoms with E-state index < -0.39 is 11.6 Å². The Hall–Kier alpha value is -2.75. The molecule has 0 unspecified atom stereocenters. The fraction of sp³-hybridized carbons (Fsp3) is 0.0526. The maximum absolute atomic E-state index is 13.6. The van der Waals surface area contributed by atoms with Crippen LogP contribution in [-0.4, -0.2) is 0 Å². The van der Waals surface area contributed by atoms with Gasteiger partial charge in [0.05, 0.1) is 0 Å². The minimum absolute atomic E-state index is 0.331. The third kappa shape index (κ3) is 2.46. The van der Waals surface area contributed by atoms with Crippen LogP contribution in [0.15, 0.2) is 59.0 Å². The number of furan rings is 1. The first-order chi connectivity index (χ1) is 11.1. The van der Waals surface area contributed by atoms with Gasteiger partial charge in [-0.05, 0) is 53.9 Å². The quantitative estimate of drug-likeness (QED) is 0.470. The van der Waals surface area contributed by atoms with Crippen LogP contribution in [0.4, 0.5) is 13.2 Å². The summed E-state index contributed by atoms with van der Waals surface area (Å²) in [5.41, 5.74) is 2.55. The molecule has 4 aromatic rings. The minimum Gasteiger partial charge on any atom is -0.456 e. The monoisotopic (exact) mass is 312 g/mol. The summed E-state index contributed by atoms with van der Waals surface area (Å²) in [4.78, 5) is 0. The topological polar surface area (TPSA) is 13.1 Å². The summed E-state index contributed by atoms with van der Waals surface area (Å²) >= 11 is 0. The largest absolute Gasteiger partial charge is 0.456 e. The van der Waals surface area contributed by atoms with Crippen molar-refractivity contribution in [1.29, 1.82) is 0 Å². The molecule has 4 rings (SSSR count). The van der Waals surface area contributed by atoms with Crippen molar-refractivity contribution in [1.82, 2.24) is 0 Å². The number of halogens is 3. The van der Waals surface area contributed by atoms with Gasteiger partial charge in [-0.25, -0.2) is 13.2 Å². The highest BCUT2D eigenvalue weighted by molar-refractivity contribution is 6.06. The smallest absolute Gasteiger partial charge is 0.135 e. The second kappa shape index (κ2) is 5.16. The van der Waals surface area contributed by atoms with Crippen LogP contribution in [0.1, 0.15) is 11.1 Å². The summed E-state index contributed by atoms with van der Waals surface area (Å²) in [6.07, 6.45) is 0.331. The Labute approximate surface area is 130 Å². The Morgan fingerprint density at radius 3 is 2.30 bits per heavy atom. The summed E-state index contributed by atoms with van der Waals surface area (Å²) < 4.78 is 46.0. The van der Waals surface area contributed by atoms with Crippen LogP contribution in [-0.2, 0) is 6.42 Å². The average Bonchev–Trinajstić information content (AvgIpc) is 2.85. The first-order valence-corrected chi connectivity index (χ1v) is 7.15. The van der Waals surface area contributed by atoms with Gasteiger partial charge in [0.1, 0.15) is 28.6 Å². The molecule has 0 aliphatic heterocycles. The molecule has 3 aromatic carbocycles. The van der Waals surface area contributed by atoms with E-state index in [1.165, 1.54) is 24.3 Å². The lowest BCUT2D eigenvalue weighted by molar-refractivity contribution is 0.580. The molecule has 0 fully saturated rings. The molecule has 114 valence electrons. The number of hydrogen-bond acceptors (Lipinski definition) is 1. The fourth-order valence-corrected chi connectivity index (χ4v) is 2.95. The van der Waals surface area contributed by atoms with E-state index >= 15 is 0 Å². The molecule has 4 heteroatoms. The van der Waals surface area contributed by atoms with Crippen LogP contribution < -0.4 is 0 Å². The zero-order chi connectivity index (χ0) is 16.0. The van der Waals surface area contributed by atoms with Crippen LogP contribution >= 0.6 is 0 Å². The molecular weight excluding hydrogens is 301 g/mol. The zero-order valence-corrected chi connectivity index (χ0v) is 11.9. The molecule has 0 spiro atoms. The Kier molecular flexibility index (Phi) is 3.11. The predicted molar refractivity (Wildman–Crippen MR) is 82.8 cm³/mol. The molecule has 23 heavy (non-hydrogen) atoms. The molecule has 0 saturated heterocycles. The average molecular weight is 312 g/mol. The predicted octanol–water partition coefficient (Wildman–Crippen LogP) is 5.59. The summed E-state index contributed by atoms with van der Waals surface area (Å²) in [6.45, 7) is 0. The van der Waals surface area contributed by atoms with Crippen LogP contribution in [0, 0.1) is 17.5 Å². The van der Waals surface area contributed by atoms with E-state index in [2.05, 4.69) is 0 Å². The van der Waals surface area contributed by atoms with Crippen molar-refractivity contribution in [3.8, 4) is 0 Å². The third-order valence-corrected chi connectivity index (χ3v) is 3.86. The molecular formula is C19H11F3O. The lowest BCUT2D eigenvalue weighted by Crippen LogP contribution is -1.92. The van der Waals surface area contributed by atoms with Gasteiger partial charge in [-0.15, -0.1) is 0 Å². The van der Waals surface area contributed by atoms with Crippen molar-refractivity contribution in [3.05, 3.63) is 83.2 Å². The highest BCUT2D eigenvalue weighted by atomic mass is 19.1. The molecule has 0 bridgehead atoms. The first kappa shape index (κ1) is 13.9. The Morgan fingerprint density at radius 2 is 1.52 bits per heavy atom. The van der Waals surface area contributed by atoms with Gasteiger partial charge in [0.2, 0.25) is 0 Å². The Balaban J connectivity index is 1.92. The molecule has 0 aliphatic rings. The van der Waals surface area contributed by atoms with Crippen molar-refractivity contribution in [2.24, 2.45) is 0 Å². The van der Waals surface area contributed by atoms with Gasteiger partial charge in [-0.1, -0.05) is 12.1 Å². The van der Waals surface area contributed by atoms with Crippen molar-refractivity contribution in [2.75, 3.05) is 0 Å². The Bertz CT molecular complexity index is 1010. The fourth-order valence-electron chi connectivity index (χ4n) is 2.95. The van der Waals surface area contributed by atoms with Gasteiger partial charge in [0.25, 0.3) is 0 Å². The van der Waals surface area contributed by atoms with Gasteiger partial charge < -0.3 is 4.42 Å². The summed E-state index contributed by atoms with van der Waals surface area (Å²) in [5, 5.41) is 1.43. The van der Waals surface area contributed by atoms with Crippen LogP contribution in [0.3, 0.4) is 0 Å². The molecule has 1 nitrogen and oxygen atoms in total. The van der Waals surface area contributed by atoms with Gasteiger partial charge in [0, 0.05) is 16.8 Å². The number of rotatable bonds is 2. The van der Waals surface area contributed by atoms with Crippen LogP contribution in [0.25, 0.3) is 21.9 Å². The van der Waals surface area contributed by atoms with Gasteiger partial charge in [-0.3, -0.25) is 0 Å². The third-order valence-electron chi connectivity index (χ3n) is 3.86. The van der Waals surface area contributed by atoms with Crippen molar-refractivity contribution in [2.45, 2.75) is 6.42 Å². The summed E-state index contributed by atoms with van der Waals surface area (Å²) in [7, 11) is 0. The lowest BCUT2D eigenvalue weighted by atomic mass is 9.99. The van der Waals surface area contributed by atoms with Crippen LogP contribution in [0.5, 0.6) is 0 Å². The highest BCUT2D eigenvalue weighted by Crippen LogP contribution is 2.33. The summed E-state index contributed by atoms with van der Waals surface area (Å²) in [5.74, 6) is -1.59. The number of benzene rings is 3. The molecule has 0 aliphatic carbocycles. The van der Waals surface area contributed by atoms with Gasteiger partial charge >= 0.3 is 0 Å². The normalized spacial score (nSPS) is 11.4. The van der Waals surface area contributed by atoms with Gasteiger partial charge in [-0.2, -0.15) is 0 Å². The van der Waals surface area contributed by atoms with Gasteiger partial charge in [0.15, 0.2) is 0 Å². The molecule has 1 aromatic heterocycles. The molecule has 0 radical (unpaired) electrons. The SMILES string of the molecule is Fc1cc(F)cc(Cc2cccc3oc4ccc(F)cc4c23)c1. The standard InChI is InChI=1S/C19H11F3O/c20-13-4-5-17-16(10-13)19-12(2-1-3-18(19)23-17)6-11-7-14(21)9-15(22)8-11/h1-5,7-10H,6H2. The molecule has 0 atom stereocenters. The molecule has 1 heterocycles. The van der Waals surface area contributed by atoms with Crippen molar-refractivity contribution < 1.29 is 17.6 Å². The Morgan fingerprint density at radius 1 is 0.739 bits per heavy atom. The van der Waals surface area contributed by atoms with Crippen LogP contribution in [0.2, 0.25) is 0 Å². The minimum atomic E-state index is -0.615. The zero-order valence-electron chi connectivity index (χ0n) is 11.9. The van der Waals surface area contributed by atoms with E-state index in [1.807, 2.05) is 12.1 Å². The molecule has 0 N–H and O–H groups in total. The van der Waals surface area contributed by atoms with E-state index in [4.69, 9.17) is 4.42 Å². The van der Waals surface area contributed by atoms with E-state index in [1.54, 1.807) is 12.1 Å². The van der Waals surface area contributed by atoms with E-state index in [0.717, 1.165) is 17.0 Å². The lowest BCUT2D eigenvalue weighted by Gasteiger charge is -2.05. The molecule has 0 saturated carbocycles. The molecule has 0 amide bonds. The maximum atomic E-state index is 13.6. The second-order valence-corrected chi connectivity index (χ2v) is 5.49.